The highest BCUT2D eigenvalue weighted by Gasteiger charge is 2.33. The summed E-state index contributed by atoms with van der Waals surface area (Å²) in [5, 5.41) is 9.79. The third-order valence-electron chi connectivity index (χ3n) is 6.16. The van der Waals surface area contributed by atoms with E-state index in [2.05, 4.69) is 36.3 Å². The molecule has 3 heterocycles. The third kappa shape index (κ3) is 5.08. The number of rotatable bonds is 8. The van der Waals surface area contributed by atoms with Gasteiger partial charge in [0, 0.05) is 44.8 Å². The number of thiocarbonyl (C=S) groups is 1. The van der Waals surface area contributed by atoms with Gasteiger partial charge in [0.15, 0.2) is 0 Å². The van der Waals surface area contributed by atoms with Gasteiger partial charge in [-0.05, 0) is 31.5 Å². The normalized spacial score (nSPS) is 18.3. The minimum absolute atomic E-state index is 0.134. The van der Waals surface area contributed by atoms with Crippen LogP contribution in [-0.2, 0) is 11.3 Å². The summed E-state index contributed by atoms with van der Waals surface area (Å²) in [6, 6.07) is 2.11. The molecule has 0 atom stereocenters. The topological polar surface area (TPSA) is 72.6 Å². The molecule has 2 aliphatic heterocycles. The fourth-order valence-electron chi connectivity index (χ4n) is 4.20. The zero-order valence-corrected chi connectivity index (χ0v) is 21.2. The van der Waals surface area contributed by atoms with E-state index in [1.54, 1.807) is 17.6 Å². The van der Waals surface area contributed by atoms with Gasteiger partial charge in [0.1, 0.15) is 21.8 Å². The Balaban J connectivity index is 2.20. The summed E-state index contributed by atoms with van der Waals surface area (Å²) in [5.41, 5.74) is 1.24. The highest BCUT2D eigenvalue weighted by atomic mass is 32.2. The maximum absolute atomic E-state index is 13.3. The third-order valence-corrected chi connectivity index (χ3v) is 7.54. The van der Waals surface area contributed by atoms with Gasteiger partial charge in [0.05, 0.1) is 4.91 Å². The van der Waals surface area contributed by atoms with E-state index in [1.807, 2.05) is 6.08 Å². The number of unbranched alkanes of at least 4 members (excludes halogenated alkanes) is 1. The Hall–Kier alpha value is -2.41. The molecule has 1 amide bonds. The second-order valence-electron chi connectivity index (χ2n) is 8.16. The van der Waals surface area contributed by atoms with Crippen LogP contribution in [0.15, 0.2) is 22.4 Å². The SMILES string of the molecule is C=CCN1C(=O)/C(=C/c2c(C)c(C#N)c(=O)n(CCCC)c2N2CCN(CC)CC2)SC1=S. The molecular weight excluding hydrogens is 454 g/mol. The number of pyridine rings is 1. The minimum atomic E-state index is -0.257. The van der Waals surface area contributed by atoms with Gasteiger partial charge in [-0.2, -0.15) is 5.26 Å². The molecule has 0 spiro atoms. The molecule has 1 aromatic rings. The second kappa shape index (κ2) is 11.1. The summed E-state index contributed by atoms with van der Waals surface area (Å²) in [4.78, 5) is 33.0. The maximum atomic E-state index is 13.3. The number of aromatic nitrogens is 1. The molecular formula is C24H31N5O2S2. The van der Waals surface area contributed by atoms with E-state index in [0.29, 0.717) is 27.9 Å². The zero-order chi connectivity index (χ0) is 24.1. The summed E-state index contributed by atoms with van der Waals surface area (Å²) in [5.74, 6) is 0.630. The van der Waals surface area contributed by atoms with Crippen molar-refractivity contribution in [1.82, 2.24) is 14.4 Å². The monoisotopic (exact) mass is 485 g/mol. The van der Waals surface area contributed by atoms with Crippen LogP contribution in [0.5, 0.6) is 0 Å². The summed E-state index contributed by atoms with van der Waals surface area (Å²) in [7, 11) is 0. The maximum Gasteiger partial charge on any atom is 0.270 e. The zero-order valence-electron chi connectivity index (χ0n) is 19.6. The quantitative estimate of drug-likeness (QED) is 0.318. The fourth-order valence-corrected chi connectivity index (χ4v) is 5.46. The Morgan fingerprint density at radius 2 is 1.91 bits per heavy atom. The number of carbonyl (C=O) groups excluding carboxylic acids is 1. The number of piperazine rings is 1. The lowest BCUT2D eigenvalue weighted by molar-refractivity contribution is -0.121. The number of likely N-dealkylation sites (N-methyl/N-ethyl adjacent to an activating group) is 1. The van der Waals surface area contributed by atoms with E-state index in [9.17, 15) is 14.9 Å². The van der Waals surface area contributed by atoms with E-state index in [0.717, 1.165) is 56.9 Å². The molecule has 1 aromatic heterocycles. The predicted octanol–water partition coefficient (Wildman–Crippen LogP) is 3.36. The molecule has 3 rings (SSSR count). The fraction of sp³-hybridized carbons (Fsp3) is 0.500. The Morgan fingerprint density at radius 1 is 1.21 bits per heavy atom. The molecule has 0 bridgehead atoms. The van der Waals surface area contributed by atoms with Crippen LogP contribution in [0.2, 0.25) is 0 Å². The molecule has 0 radical (unpaired) electrons. The van der Waals surface area contributed by atoms with Crippen molar-refractivity contribution in [2.45, 2.75) is 40.2 Å². The molecule has 0 aliphatic carbocycles. The van der Waals surface area contributed by atoms with Crippen molar-refractivity contribution in [3.05, 3.63) is 44.6 Å². The van der Waals surface area contributed by atoms with Crippen molar-refractivity contribution in [2.75, 3.05) is 44.2 Å². The lowest BCUT2D eigenvalue weighted by Gasteiger charge is -2.37. The lowest BCUT2D eigenvalue weighted by Crippen LogP contribution is -2.48. The smallest absolute Gasteiger partial charge is 0.270 e. The van der Waals surface area contributed by atoms with Crippen molar-refractivity contribution >= 4 is 46.1 Å². The Bertz CT molecular complexity index is 1080. The lowest BCUT2D eigenvalue weighted by atomic mass is 10.0. The number of carbonyl (C=O) groups is 1. The van der Waals surface area contributed by atoms with Crippen molar-refractivity contribution in [3.63, 3.8) is 0 Å². The van der Waals surface area contributed by atoms with E-state index in [1.165, 1.54) is 16.7 Å². The number of nitriles is 1. The standard InChI is InChI=1S/C24H31N5O2S2/c1-5-8-10-28-21(27-13-11-26(7-3)12-14-27)18(17(4)19(16-25)22(28)30)15-20-23(31)29(9-6-2)24(32)33-20/h6,15H,2,5,7-14H2,1,3-4H3/b20-15-. The molecule has 0 aromatic carbocycles. The molecule has 0 unspecified atom stereocenters. The van der Waals surface area contributed by atoms with Crippen molar-refractivity contribution in [2.24, 2.45) is 0 Å². The van der Waals surface area contributed by atoms with Crippen LogP contribution in [0, 0.1) is 18.3 Å². The van der Waals surface area contributed by atoms with E-state index >= 15 is 0 Å². The van der Waals surface area contributed by atoms with Crippen LogP contribution in [0.25, 0.3) is 6.08 Å². The predicted molar refractivity (Wildman–Crippen MR) is 139 cm³/mol. The van der Waals surface area contributed by atoms with Crippen LogP contribution in [0.1, 0.15) is 43.4 Å². The van der Waals surface area contributed by atoms with Gasteiger partial charge >= 0.3 is 0 Å². The first-order valence-corrected chi connectivity index (χ1v) is 12.6. The number of hydrogen-bond donors (Lipinski definition) is 0. The minimum Gasteiger partial charge on any atom is -0.355 e. The van der Waals surface area contributed by atoms with Gasteiger partial charge in [0.2, 0.25) is 0 Å². The van der Waals surface area contributed by atoms with Crippen LogP contribution >= 0.6 is 24.0 Å². The molecule has 2 aliphatic rings. The Kier molecular flexibility index (Phi) is 8.51. The van der Waals surface area contributed by atoms with Gasteiger partial charge in [-0.1, -0.05) is 50.3 Å². The highest BCUT2D eigenvalue weighted by Crippen LogP contribution is 2.36. The number of amides is 1. The molecule has 0 saturated carbocycles. The van der Waals surface area contributed by atoms with Crippen molar-refractivity contribution < 1.29 is 4.79 Å². The average Bonchev–Trinajstić information content (AvgIpc) is 3.08. The number of nitrogens with zero attached hydrogens (tertiary/aromatic N) is 5. The van der Waals surface area contributed by atoms with Crippen molar-refractivity contribution in [1.29, 1.82) is 5.26 Å². The first-order chi connectivity index (χ1) is 15.9. The summed E-state index contributed by atoms with van der Waals surface area (Å²) < 4.78 is 2.23. The van der Waals surface area contributed by atoms with E-state index < -0.39 is 0 Å². The van der Waals surface area contributed by atoms with Gasteiger partial charge in [-0.25, -0.2) is 0 Å². The average molecular weight is 486 g/mol. The largest absolute Gasteiger partial charge is 0.355 e. The summed E-state index contributed by atoms with van der Waals surface area (Å²) >= 11 is 6.65. The van der Waals surface area contributed by atoms with Crippen LogP contribution in [0.3, 0.4) is 0 Å². The number of anilines is 1. The molecule has 176 valence electrons. The molecule has 2 saturated heterocycles. The van der Waals surface area contributed by atoms with Crippen LogP contribution in [-0.4, -0.2) is 63.9 Å². The molecule has 33 heavy (non-hydrogen) atoms. The second-order valence-corrected chi connectivity index (χ2v) is 9.84. The summed E-state index contributed by atoms with van der Waals surface area (Å²) in [6.07, 6.45) is 5.23. The van der Waals surface area contributed by atoms with Crippen molar-refractivity contribution in [3.8, 4) is 6.07 Å². The summed E-state index contributed by atoms with van der Waals surface area (Å²) in [6.45, 7) is 15.0. The Morgan fingerprint density at radius 3 is 2.48 bits per heavy atom. The van der Waals surface area contributed by atoms with Gasteiger partial charge in [-0.3, -0.25) is 19.1 Å². The number of thioether (sulfide) groups is 1. The van der Waals surface area contributed by atoms with Gasteiger partial charge < -0.3 is 9.80 Å². The highest BCUT2D eigenvalue weighted by molar-refractivity contribution is 8.26. The molecule has 7 nitrogen and oxygen atoms in total. The van der Waals surface area contributed by atoms with Crippen LogP contribution < -0.4 is 10.5 Å². The molecule has 2 fully saturated rings. The van der Waals surface area contributed by atoms with Gasteiger partial charge in [0.25, 0.3) is 11.5 Å². The molecule has 9 heteroatoms. The number of hydrogen-bond acceptors (Lipinski definition) is 7. The molecule has 0 N–H and O–H groups in total. The van der Waals surface area contributed by atoms with Crippen LogP contribution in [0.4, 0.5) is 5.82 Å². The van der Waals surface area contributed by atoms with Gasteiger partial charge in [-0.15, -0.1) is 6.58 Å². The van der Waals surface area contributed by atoms with E-state index in [-0.39, 0.29) is 17.0 Å². The first-order valence-electron chi connectivity index (χ1n) is 11.4. The van der Waals surface area contributed by atoms with E-state index in [4.69, 9.17) is 12.2 Å². The Labute approximate surface area is 205 Å². The first kappa shape index (κ1) is 25.2.